The van der Waals surface area contributed by atoms with Gasteiger partial charge in [-0.15, -0.1) is 0 Å². The van der Waals surface area contributed by atoms with Crippen LogP contribution in [-0.2, 0) is 10.9 Å². The molecule has 2 aromatic carbocycles. The van der Waals surface area contributed by atoms with E-state index in [1.165, 1.54) is 18.2 Å². The minimum atomic E-state index is -4.55. The third kappa shape index (κ3) is 4.26. The van der Waals surface area contributed by atoms with E-state index < -0.39 is 17.8 Å². The van der Waals surface area contributed by atoms with Gasteiger partial charge in [0.15, 0.2) is 0 Å². The van der Waals surface area contributed by atoms with Crippen LogP contribution in [0.4, 0.5) is 35.0 Å². The molecular formula is C18H18F3N3O2. The van der Waals surface area contributed by atoms with Gasteiger partial charge in [-0.3, -0.25) is 0 Å². The summed E-state index contributed by atoms with van der Waals surface area (Å²) >= 11 is 0. The fourth-order valence-electron chi connectivity index (χ4n) is 2.77. The standard InChI is InChI=1S/C18H18F3N3O2/c19-18(20,21)13-5-1-2-6-14(13)22-17(25)23-15-7-3-4-8-16(15)24-9-11-26-12-10-24/h1-8H,9-12H2,(H2,22,23,25). The van der Waals surface area contributed by atoms with Crippen molar-refractivity contribution in [1.29, 1.82) is 0 Å². The number of anilines is 3. The number of hydrogen-bond acceptors (Lipinski definition) is 3. The van der Waals surface area contributed by atoms with Crippen LogP contribution in [0.15, 0.2) is 48.5 Å². The number of carbonyl (C=O) groups excluding carboxylic acids is 1. The summed E-state index contributed by atoms with van der Waals surface area (Å²) in [6.45, 7) is 2.52. The van der Waals surface area contributed by atoms with Crippen LogP contribution in [0.1, 0.15) is 5.56 Å². The van der Waals surface area contributed by atoms with Gasteiger partial charge in [0, 0.05) is 13.1 Å². The molecule has 26 heavy (non-hydrogen) atoms. The maximum Gasteiger partial charge on any atom is 0.418 e. The Kier molecular flexibility index (Phi) is 5.32. The van der Waals surface area contributed by atoms with Crippen molar-refractivity contribution in [3.05, 3.63) is 54.1 Å². The fraction of sp³-hybridized carbons (Fsp3) is 0.278. The molecule has 1 fully saturated rings. The molecule has 2 aromatic rings. The minimum Gasteiger partial charge on any atom is -0.378 e. The Labute approximate surface area is 148 Å². The van der Waals surface area contributed by atoms with Crippen molar-refractivity contribution in [1.82, 2.24) is 0 Å². The molecule has 8 heteroatoms. The lowest BCUT2D eigenvalue weighted by atomic mass is 10.1. The Hall–Kier alpha value is -2.74. The van der Waals surface area contributed by atoms with Gasteiger partial charge < -0.3 is 20.3 Å². The van der Waals surface area contributed by atoms with E-state index >= 15 is 0 Å². The van der Waals surface area contributed by atoms with E-state index in [0.717, 1.165) is 11.8 Å². The number of nitrogens with zero attached hydrogens (tertiary/aromatic N) is 1. The maximum atomic E-state index is 13.0. The lowest BCUT2D eigenvalue weighted by Crippen LogP contribution is -2.37. The predicted octanol–water partition coefficient (Wildman–Crippen LogP) is 4.19. The zero-order chi connectivity index (χ0) is 18.6. The highest BCUT2D eigenvalue weighted by atomic mass is 19.4. The van der Waals surface area contributed by atoms with Crippen molar-refractivity contribution in [2.24, 2.45) is 0 Å². The summed E-state index contributed by atoms with van der Waals surface area (Å²) in [6.07, 6.45) is -4.55. The second kappa shape index (κ2) is 7.65. The molecule has 0 atom stereocenters. The lowest BCUT2D eigenvalue weighted by molar-refractivity contribution is -0.136. The summed E-state index contributed by atoms with van der Waals surface area (Å²) in [5, 5.41) is 4.92. The highest BCUT2D eigenvalue weighted by molar-refractivity contribution is 6.02. The number of rotatable bonds is 3. The van der Waals surface area contributed by atoms with Gasteiger partial charge in [-0.1, -0.05) is 24.3 Å². The zero-order valence-electron chi connectivity index (χ0n) is 13.8. The topological polar surface area (TPSA) is 53.6 Å². The van der Waals surface area contributed by atoms with Crippen LogP contribution in [0.25, 0.3) is 0 Å². The summed E-state index contributed by atoms with van der Waals surface area (Å²) in [4.78, 5) is 14.3. The average Bonchev–Trinajstić information content (AvgIpc) is 2.62. The quantitative estimate of drug-likeness (QED) is 0.858. The number of para-hydroxylation sites is 3. The molecule has 138 valence electrons. The number of alkyl halides is 3. The molecule has 1 aliphatic heterocycles. The smallest absolute Gasteiger partial charge is 0.378 e. The van der Waals surface area contributed by atoms with Crippen LogP contribution in [0.2, 0.25) is 0 Å². The third-order valence-corrected chi connectivity index (χ3v) is 3.98. The van der Waals surface area contributed by atoms with Crippen molar-refractivity contribution < 1.29 is 22.7 Å². The maximum absolute atomic E-state index is 13.0. The summed E-state index contributed by atoms with van der Waals surface area (Å²) < 4.78 is 44.4. The van der Waals surface area contributed by atoms with Crippen LogP contribution >= 0.6 is 0 Å². The number of carbonyl (C=O) groups is 1. The first-order valence-electron chi connectivity index (χ1n) is 8.11. The van der Waals surface area contributed by atoms with E-state index in [4.69, 9.17) is 4.74 Å². The molecule has 2 N–H and O–H groups in total. The average molecular weight is 365 g/mol. The Bertz CT molecular complexity index is 774. The SMILES string of the molecule is O=C(Nc1ccccc1N1CCOCC1)Nc1ccccc1C(F)(F)F. The predicted molar refractivity (Wildman–Crippen MR) is 93.6 cm³/mol. The molecule has 1 saturated heterocycles. The molecule has 5 nitrogen and oxygen atoms in total. The second-order valence-electron chi connectivity index (χ2n) is 5.74. The monoisotopic (exact) mass is 365 g/mol. The van der Waals surface area contributed by atoms with E-state index in [9.17, 15) is 18.0 Å². The Balaban J connectivity index is 1.76. The van der Waals surface area contributed by atoms with E-state index in [0.29, 0.717) is 32.0 Å². The highest BCUT2D eigenvalue weighted by Crippen LogP contribution is 2.34. The van der Waals surface area contributed by atoms with Gasteiger partial charge in [-0.2, -0.15) is 13.2 Å². The van der Waals surface area contributed by atoms with E-state index in [1.54, 1.807) is 12.1 Å². The lowest BCUT2D eigenvalue weighted by Gasteiger charge is -2.30. The zero-order valence-corrected chi connectivity index (χ0v) is 13.8. The van der Waals surface area contributed by atoms with E-state index in [1.807, 2.05) is 12.1 Å². The Morgan fingerprint density at radius 3 is 2.19 bits per heavy atom. The van der Waals surface area contributed by atoms with Gasteiger partial charge in [0.05, 0.1) is 35.8 Å². The first-order valence-corrected chi connectivity index (χ1v) is 8.11. The minimum absolute atomic E-state index is 0.290. The molecule has 0 saturated carbocycles. The van der Waals surface area contributed by atoms with Crippen molar-refractivity contribution in [3.8, 4) is 0 Å². The summed E-state index contributed by atoms with van der Waals surface area (Å²) in [6, 6.07) is 11.3. The molecule has 0 aliphatic carbocycles. The molecule has 2 amide bonds. The molecular weight excluding hydrogens is 347 g/mol. The van der Waals surface area contributed by atoms with E-state index in [2.05, 4.69) is 15.5 Å². The summed E-state index contributed by atoms with van der Waals surface area (Å²) in [5.41, 5.74) is 0.143. The molecule has 3 rings (SSSR count). The number of ether oxygens (including phenoxy) is 1. The van der Waals surface area contributed by atoms with Crippen LogP contribution in [0.5, 0.6) is 0 Å². The number of morpholine rings is 1. The number of amides is 2. The summed E-state index contributed by atoms with van der Waals surface area (Å²) in [5.74, 6) is 0. The molecule has 0 bridgehead atoms. The molecule has 0 radical (unpaired) electrons. The first-order chi connectivity index (χ1) is 12.4. The second-order valence-corrected chi connectivity index (χ2v) is 5.74. The van der Waals surface area contributed by atoms with E-state index in [-0.39, 0.29) is 5.69 Å². The van der Waals surface area contributed by atoms with Crippen molar-refractivity contribution in [2.45, 2.75) is 6.18 Å². The molecule has 0 aromatic heterocycles. The van der Waals surface area contributed by atoms with Crippen molar-refractivity contribution in [2.75, 3.05) is 41.8 Å². The van der Waals surface area contributed by atoms with Gasteiger partial charge in [0.25, 0.3) is 0 Å². The number of benzene rings is 2. The normalized spacial score (nSPS) is 14.8. The van der Waals surface area contributed by atoms with Gasteiger partial charge in [0.2, 0.25) is 0 Å². The fourth-order valence-corrected chi connectivity index (χ4v) is 2.77. The Morgan fingerprint density at radius 1 is 0.923 bits per heavy atom. The number of urea groups is 1. The number of nitrogens with one attached hydrogen (secondary N) is 2. The molecule has 1 aliphatic rings. The summed E-state index contributed by atoms with van der Waals surface area (Å²) in [7, 11) is 0. The number of hydrogen-bond donors (Lipinski definition) is 2. The molecule has 0 unspecified atom stereocenters. The largest absolute Gasteiger partial charge is 0.418 e. The van der Waals surface area contributed by atoms with Crippen LogP contribution in [0.3, 0.4) is 0 Å². The molecule has 1 heterocycles. The van der Waals surface area contributed by atoms with Crippen molar-refractivity contribution in [3.63, 3.8) is 0 Å². The van der Waals surface area contributed by atoms with Crippen LogP contribution < -0.4 is 15.5 Å². The van der Waals surface area contributed by atoms with Gasteiger partial charge >= 0.3 is 12.2 Å². The first kappa shape index (κ1) is 18.1. The van der Waals surface area contributed by atoms with Crippen molar-refractivity contribution >= 4 is 23.1 Å². The number of halogens is 3. The molecule has 0 spiro atoms. The van der Waals surface area contributed by atoms with Gasteiger partial charge in [0.1, 0.15) is 0 Å². The van der Waals surface area contributed by atoms with Gasteiger partial charge in [-0.05, 0) is 24.3 Å². The van der Waals surface area contributed by atoms with Crippen LogP contribution in [-0.4, -0.2) is 32.3 Å². The van der Waals surface area contributed by atoms with Gasteiger partial charge in [-0.25, -0.2) is 4.79 Å². The Morgan fingerprint density at radius 2 is 1.50 bits per heavy atom. The van der Waals surface area contributed by atoms with Crippen LogP contribution in [0, 0.1) is 0 Å². The third-order valence-electron chi connectivity index (χ3n) is 3.98. The highest BCUT2D eigenvalue weighted by Gasteiger charge is 2.33.